The van der Waals surface area contributed by atoms with Crippen molar-refractivity contribution in [3.63, 3.8) is 0 Å². The molecule has 0 spiro atoms. The quantitative estimate of drug-likeness (QED) is 0.745. The number of fused-ring (bicyclic) bond motifs is 1. The first-order chi connectivity index (χ1) is 11.0. The van der Waals surface area contributed by atoms with Crippen molar-refractivity contribution in [2.24, 2.45) is 17.4 Å². The summed E-state index contributed by atoms with van der Waals surface area (Å²) in [6.07, 6.45) is 2.75. The van der Waals surface area contributed by atoms with Gasteiger partial charge in [-0.25, -0.2) is 0 Å². The number of aromatic nitrogens is 1. The molecule has 6 heteroatoms. The summed E-state index contributed by atoms with van der Waals surface area (Å²) in [6.45, 7) is 1.23. The van der Waals surface area contributed by atoms with Crippen LogP contribution < -0.4 is 11.5 Å². The zero-order valence-electron chi connectivity index (χ0n) is 12.8. The molecule has 1 aliphatic heterocycles. The zero-order valence-corrected chi connectivity index (χ0v) is 12.8. The Balaban J connectivity index is 1.67. The Morgan fingerprint density at radius 1 is 1.17 bits per heavy atom. The van der Waals surface area contributed by atoms with Crippen LogP contribution in [0.1, 0.15) is 23.3 Å². The standard InChI is InChI=1S/C17H20N4O2/c18-13(10-16(19)22)11-5-7-21(8-6-11)17(23)15-9-12-3-1-2-4-14(12)20-15/h1-4,9-11,20H,5-8,18H2,(H2,19,22)/b13-10-. The fourth-order valence-electron chi connectivity index (χ4n) is 3.06. The van der Waals surface area contributed by atoms with Crippen molar-refractivity contribution in [3.05, 3.63) is 47.8 Å². The highest BCUT2D eigenvalue weighted by atomic mass is 16.2. The fourth-order valence-corrected chi connectivity index (χ4v) is 3.06. The van der Waals surface area contributed by atoms with Gasteiger partial charge >= 0.3 is 0 Å². The Labute approximate surface area is 134 Å². The zero-order chi connectivity index (χ0) is 16.4. The molecule has 1 saturated heterocycles. The summed E-state index contributed by atoms with van der Waals surface area (Å²) in [6, 6.07) is 9.69. The Morgan fingerprint density at radius 3 is 2.52 bits per heavy atom. The molecule has 0 bridgehead atoms. The molecule has 1 aliphatic rings. The van der Waals surface area contributed by atoms with Crippen LogP contribution in [0.3, 0.4) is 0 Å². The van der Waals surface area contributed by atoms with Crippen molar-refractivity contribution in [1.82, 2.24) is 9.88 Å². The van der Waals surface area contributed by atoms with Gasteiger partial charge in [0, 0.05) is 41.7 Å². The van der Waals surface area contributed by atoms with Crippen LogP contribution in [0.5, 0.6) is 0 Å². The molecule has 1 aromatic heterocycles. The number of hydrogen-bond acceptors (Lipinski definition) is 3. The molecule has 0 saturated carbocycles. The minimum Gasteiger partial charge on any atom is -0.402 e. The number of H-pyrrole nitrogens is 1. The summed E-state index contributed by atoms with van der Waals surface area (Å²) in [7, 11) is 0. The molecule has 1 aromatic carbocycles. The van der Waals surface area contributed by atoms with Crippen molar-refractivity contribution in [2.45, 2.75) is 12.8 Å². The maximum atomic E-state index is 12.6. The van der Waals surface area contributed by atoms with E-state index in [1.807, 2.05) is 35.2 Å². The predicted molar refractivity (Wildman–Crippen MR) is 88.4 cm³/mol. The van der Waals surface area contributed by atoms with Gasteiger partial charge in [-0.2, -0.15) is 0 Å². The second-order valence-electron chi connectivity index (χ2n) is 5.88. The van der Waals surface area contributed by atoms with E-state index < -0.39 is 5.91 Å². The lowest BCUT2D eigenvalue weighted by Crippen LogP contribution is -2.39. The summed E-state index contributed by atoms with van der Waals surface area (Å²) in [5, 5.41) is 1.03. The van der Waals surface area contributed by atoms with Crippen molar-refractivity contribution in [3.8, 4) is 0 Å². The van der Waals surface area contributed by atoms with Gasteiger partial charge in [0.05, 0.1) is 0 Å². The van der Waals surface area contributed by atoms with Gasteiger partial charge in [-0.1, -0.05) is 18.2 Å². The number of nitrogens with one attached hydrogen (secondary N) is 1. The molecule has 6 nitrogen and oxygen atoms in total. The Hall–Kier alpha value is -2.76. The van der Waals surface area contributed by atoms with Gasteiger partial charge in [0.15, 0.2) is 0 Å². The molecular weight excluding hydrogens is 292 g/mol. The first-order valence-electron chi connectivity index (χ1n) is 7.68. The van der Waals surface area contributed by atoms with Gasteiger partial charge in [-0.05, 0) is 25.0 Å². The first kappa shape index (κ1) is 15.1. The van der Waals surface area contributed by atoms with E-state index in [0.717, 1.165) is 23.7 Å². The summed E-state index contributed by atoms with van der Waals surface area (Å²) >= 11 is 0. The molecule has 0 atom stereocenters. The number of hydrogen-bond donors (Lipinski definition) is 3. The largest absolute Gasteiger partial charge is 0.402 e. The highest BCUT2D eigenvalue weighted by Crippen LogP contribution is 2.24. The average Bonchev–Trinajstić information content (AvgIpc) is 2.97. The second kappa shape index (κ2) is 6.16. The van der Waals surface area contributed by atoms with E-state index in [9.17, 15) is 9.59 Å². The van der Waals surface area contributed by atoms with Crippen molar-refractivity contribution >= 4 is 22.7 Å². The topological polar surface area (TPSA) is 105 Å². The fraction of sp³-hybridized carbons (Fsp3) is 0.294. The van der Waals surface area contributed by atoms with Crippen molar-refractivity contribution in [2.75, 3.05) is 13.1 Å². The van der Waals surface area contributed by atoms with Crippen molar-refractivity contribution < 1.29 is 9.59 Å². The van der Waals surface area contributed by atoms with Crippen LogP contribution in [0.25, 0.3) is 10.9 Å². The van der Waals surface area contributed by atoms with Crippen LogP contribution in [0, 0.1) is 5.92 Å². The van der Waals surface area contributed by atoms with Crippen LogP contribution in [0.4, 0.5) is 0 Å². The molecule has 1 fully saturated rings. The number of primary amides is 1. The number of nitrogens with zero attached hydrogens (tertiary/aromatic N) is 1. The number of para-hydroxylation sites is 1. The third-order valence-corrected chi connectivity index (χ3v) is 4.32. The molecule has 0 radical (unpaired) electrons. The van der Waals surface area contributed by atoms with Gasteiger partial charge in [0.2, 0.25) is 5.91 Å². The van der Waals surface area contributed by atoms with E-state index in [-0.39, 0.29) is 11.8 Å². The number of nitrogens with two attached hydrogens (primary N) is 2. The number of carbonyl (C=O) groups excluding carboxylic acids is 2. The smallest absolute Gasteiger partial charge is 0.270 e. The lowest BCUT2D eigenvalue weighted by Gasteiger charge is -2.31. The third-order valence-electron chi connectivity index (χ3n) is 4.32. The summed E-state index contributed by atoms with van der Waals surface area (Å²) in [5.74, 6) is -0.426. The molecule has 23 heavy (non-hydrogen) atoms. The Morgan fingerprint density at radius 2 is 1.87 bits per heavy atom. The van der Waals surface area contributed by atoms with E-state index in [4.69, 9.17) is 11.5 Å². The molecule has 3 rings (SSSR count). The van der Waals surface area contributed by atoms with Crippen LogP contribution in [-0.4, -0.2) is 34.8 Å². The van der Waals surface area contributed by atoms with Crippen LogP contribution in [0.2, 0.25) is 0 Å². The highest BCUT2D eigenvalue weighted by molar-refractivity contribution is 5.98. The van der Waals surface area contributed by atoms with Gasteiger partial charge in [-0.15, -0.1) is 0 Å². The summed E-state index contributed by atoms with van der Waals surface area (Å²) in [4.78, 5) is 28.5. The second-order valence-corrected chi connectivity index (χ2v) is 5.88. The van der Waals surface area contributed by atoms with Crippen LogP contribution in [-0.2, 0) is 4.79 Å². The third kappa shape index (κ3) is 3.21. The molecule has 120 valence electrons. The first-order valence-corrected chi connectivity index (χ1v) is 7.68. The minimum absolute atomic E-state index is 0.00268. The summed E-state index contributed by atoms with van der Waals surface area (Å²) in [5.41, 5.74) is 13.1. The van der Waals surface area contributed by atoms with E-state index in [0.29, 0.717) is 24.5 Å². The van der Waals surface area contributed by atoms with Crippen LogP contribution >= 0.6 is 0 Å². The Bertz CT molecular complexity index is 737. The maximum absolute atomic E-state index is 12.6. The normalized spacial score (nSPS) is 16.7. The Kier molecular flexibility index (Phi) is 4.06. The minimum atomic E-state index is -0.529. The molecule has 5 N–H and O–H groups in total. The monoisotopic (exact) mass is 312 g/mol. The number of allylic oxidation sites excluding steroid dienone is 1. The number of likely N-dealkylation sites (tertiary alicyclic amines) is 1. The number of carbonyl (C=O) groups is 2. The number of piperidine rings is 1. The molecule has 0 unspecified atom stereocenters. The van der Waals surface area contributed by atoms with Gasteiger partial charge in [-0.3, -0.25) is 9.59 Å². The lowest BCUT2D eigenvalue weighted by molar-refractivity contribution is -0.113. The highest BCUT2D eigenvalue weighted by Gasteiger charge is 2.25. The molecule has 2 heterocycles. The maximum Gasteiger partial charge on any atom is 0.270 e. The number of aromatic amines is 1. The molecule has 2 aromatic rings. The molecule has 2 amide bonds. The molecule has 0 aliphatic carbocycles. The van der Waals surface area contributed by atoms with Gasteiger partial charge < -0.3 is 21.4 Å². The SMILES string of the molecule is NC(=O)/C=C(\N)C1CCN(C(=O)c2cc3ccccc3[nH]2)CC1. The number of amides is 2. The van der Waals surface area contributed by atoms with Crippen molar-refractivity contribution in [1.29, 1.82) is 0 Å². The summed E-state index contributed by atoms with van der Waals surface area (Å²) < 4.78 is 0. The predicted octanol–water partition coefficient (Wildman–Crippen LogP) is 1.35. The van der Waals surface area contributed by atoms with E-state index in [1.54, 1.807) is 0 Å². The average molecular weight is 312 g/mol. The number of benzene rings is 1. The number of rotatable bonds is 3. The van der Waals surface area contributed by atoms with E-state index >= 15 is 0 Å². The van der Waals surface area contributed by atoms with Gasteiger partial charge in [0.1, 0.15) is 5.69 Å². The lowest BCUT2D eigenvalue weighted by atomic mass is 9.93. The van der Waals surface area contributed by atoms with E-state index in [1.165, 1.54) is 6.08 Å². The van der Waals surface area contributed by atoms with E-state index in [2.05, 4.69) is 4.98 Å². The van der Waals surface area contributed by atoms with Crippen LogP contribution in [0.15, 0.2) is 42.1 Å². The van der Waals surface area contributed by atoms with Gasteiger partial charge in [0.25, 0.3) is 5.91 Å². The molecular formula is C17H20N4O2.